The molecule has 3 aromatic rings. The van der Waals surface area contributed by atoms with Crippen LogP contribution in [-0.2, 0) is 4.74 Å². The monoisotopic (exact) mass is 264 g/mol. The molecule has 0 aliphatic carbocycles. The first-order chi connectivity index (χ1) is 9.79. The third kappa shape index (κ3) is 2.12. The maximum absolute atomic E-state index is 11.9. The highest BCUT2D eigenvalue weighted by Crippen LogP contribution is 2.24. The molecule has 3 rings (SSSR count). The zero-order valence-electron chi connectivity index (χ0n) is 10.9. The van der Waals surface area contributed by atoms with E-state index >= 15 is 0 Å². The minimum atomic E-state index is -0.362. The molecule has 0 aliphatic heterocycles. The summed E-state index contributed by atoms with van der Waals surface area (Å²) in [5.74, 6) is -0.362. The molecule has 0 bridgehead atoms. The van der Waals surface area contributed by atoms with E-state index in [1.54, 1.807) is 18.5 Å². The van der Waals surface area contributed by atoms with Gasteiger partial charge < -0.3 is 4.74 Å². The third-order valence-corrected chi connectivity index (χ3v) is 3.10. The number of hydrogen-bond donors (Lipinski definition) is 0. The standard InChI is InChI=1S/C16H12N2O2/c1-20-16(19)13-10-15(11-6-8-17-9-7-11)18-14-5-3-2-4-12(13)14/h2-10H,1H3. The molecule has 20 heavy (non-hydrogen) atoms. The molecule has 0 unspecified atom stereocenters. The zero-order valence-corrected chi connectivity index (χ0v) is 10.9. The van der Waals surface area contributed by atoms with Crippen LogP contribution in [0.15, 0.2) is 54.9 Å². The van der Waals surface area contributed by atoms with Gasteiger partial charge in [0.05, 0.1) is 23.9 Å². The summed E-state index contributed by atoms with van der Waals surface area (Å²) >= 11 is 0. The summed E-state index contributed by atoms with van der Waals surface area (Å²) in [5, 5.41) is 0.789. The molecule has 0 spiro atoms. The normalized spacial score (nSPS) is 10.4. The second-order valence-corrected chi connectivity index (χ2v) is 4.30. The predicted octanol–water partition coefficient (Wildman–Crippen LogP) is 3.08. The van der Waals surface area contributed by atoms with E-state index in [1.165, 1.54) is 7.11 Å². The summed E-state index contributed by atoms with van der Waals surface area (Å²) in [5.41, 5.74) is 2.93. The van der Waals surface area contributed by atoms with Crippen LogP contribution >= 0.6 is 0 Å². The molecule has 2 aromatic heterocycles. The van der Waals surface area contributed by atoms with Gasteiger partial charge in [-0.15, -0.1) is 0 Å². The van der Waals surface area contributed by atoms with Crippen molar-refractivity contribution in [3.8, 4) is 11.3 Å². The Morgan fingerprint density at radius 3 is 2.60 bits per heavy atom. The number of carbonyl (C=O) groups is 1. The van der Waals surface area contributed by atoms with E-state index in [4.69, 9.17) is 4.74 Å². The van der Waals surface area contributed by atoms with Crippen LogP contribution in [0.25, 0.3) is 22.2 Å². The topological polar surface area (TPSA) is 52.1 Å². The summed E-state index contributed by atoms with van der Waals surface area (Å²) in [4.78, 5) is 20.5. The van der Waals surface area contributed by atoms with Crippen molar-refractivity contribution in [2.45, 2.75) is 0 Å². The highest BCUT2D eigenvalue weighted by atomic mass is 16.5. The summed E-state index contributed by atoms with van der Waals surface area (Å²) < 4.78 is 4.86. The first-order valence-corrected chi connectivity index (χ1v) is 6.18. The van der Waals surface area contributed by atoms with E-state index in [2.05, 4.69) is 9.97 Å². The summed E-state index contributed by atoms with van der Waals surface area (Å²) in [6.07, 6.45) is 3.40. The van der Waals surface area contributed by atoms with Crippen molar-refractivity contribution in [3.63, 3.8) is 0 Å². The Kier molecular flexibility index (Phi) is 3.13. The lowest BCUT2D eigenvalue weighted by atomic mass is 10.0. The number of esters is 1. The van der Waals surface area contributed by atoms with Crippen molar-refractivity contribution in [3.05, 3.63) is 60.4 Å². The number of methoxy groups -OCH3 is 1. The molecule has 0 saturated heterocycles. The number of nitrogens with zero attached hydrogens (tertiary/aromatic N) is 2. The van der Waals surface area contributed by atoms with Gasteiger partial charge in [-0.1, -0.05) is 18.2 Å². The molecule has 0 amide bonds. The third-order valence-electron chi connectivity index (χ3n) is 3.10. The fourth-order valence-electron chi connectivity index (χ4n) is 2.12. The fraction of sp³-hybridized carbons (Fsp3) is 0.0625. The molecule has 4 nitrogen and oxygen atoms in total. The number of fused-ring (bicyclic) bond motifs is 1. The number of benzene rings is 1. The minimum absolute atomic E-state index is 0.362. The second-order valence-electron chi connectivity index (χ2n) is 4.30. The number of hydrogen-bond acceptors (Lipinski definition) is 4. The van der Waals surface area contributed by atoms with E-state index in [0.717, 1.165) is 22.2 Å². The number of carbonyl (C=O) groups excluding carboxylic acids is 1. The number of ether oxygens (including phenoxy) is 1. The quantitative estimate of drug-likeness (QED) is 0.667. The average molecular weight is 264 g/mol. The van der Waals surface area contributed by atoms with Crippen molar-refractivity contribution < 1.29 is 9.53 Å². The van der Waals surface area contributed by atoms with Gasteiger partial charge in [-0.05, 0) is 24.3 Å². The molecule has 0 atom stereocenters. The zero-order chi connectivity index (χ0) is 13.9. The van der Waals surface area contributed by atoms with Gasteiger partial charge in [0.2, 0.25) is 0 Å². The van der Waals surface area contributed by atoms with E-state index in [9.17, 15) is 4.79 Å². The minimum Gasteiger partial charge on any atom is -0.465 e. The van der Waals surface area contributed by atoms with E-state index < -0.39 is 0 Å². The lowest BCUT2D eigenvalue weighted by Crippen LogP contribution is -2.03. The van der Waals surface area contributed by atoms with Crippen molar-refractivity contribution in [1.29, 1.82) is 0 Å². The molecule has 4 heteroatoms. The fourth-order valence-corrected chi connectivity index (χ4v) is 2.12. The summed E-state index contributed by atoms with van der Waals surface area (Å²) in [7, 11) is 1.38. The molecule has 1 aromatic carbocycles. The maximum Gasteiger partial charge on any atom is 0.338 e. The van der Waals surface area contributed by atoms with Crippen molar-refractivity contribution in [2.75, 3.05) is 7.11 Å². The van der Waals surface area contributed by atoms with E-state index in [0.29, 0.717) is 5.56 Å². The Bertz CT molecular complexity index is 770. The summed E-state index contributed by atoms with van der Waals surface area (Å²) in [6.45, 7) is 0. The maximum atomic E-state index is 11.9. The van der Waals surface area contributed by atoms with Gasteiger partial charge in [-0.3, -0.25) is 4.98 Å². The smallest absolute Gasteiger partial charge is 0.338 e. The Morgan fingerprint density at radius 1 is 1.10 bits per heavy atom. The lowest BCUT2D eigenvalue weighted by molar-refractivity contribution is 0.0603. The van der Waals surface area contributed by atoms with Gasteiger partial charge in [0.15, 0.2) is 0 Å². The van der Waals surface area contributed by atoms with Gasteiger partial charge in [0.1, 0.15) is 0 Å². The van der Waals surface area contributed by atoms with Gasteiger partial charge >= 0.3 is 5.97 Å². The average Bonchev–Trinajstić information content (AvgIpc) is 2.54. The molecule has 2 heterocycles. The molecule has 98 valence electrons. The Morgan fingerprint density at radius 2 is 1.85 bits per heavy atom. The van der Waals surface area contributed by atoms with E-state index in [-0.39, 0.29) is 5.97 Å². The molecule has 0 fully saturated rings. The molecular formula is C16H12N2O2. The van der Waals surface area contributed by atoms with Crippen LogP contribution in [0.1, 0.15) is 10.4 Å². The second kappa shape index (κ2) is 5.09. The van der Waals surface area contributed by atoms with Crippen LogP contribution in [0.3, 0.4) is 0 Å². The first-order valence-electron chi connectivity index (χ1n) is 6.18. The number of rotatable bonds is 2. The molecule has 0 saturated carbocycles. The van der Waals surface area contributed by atoms with Crippen molar-refractivity contribution in [2.24, 2.45) is 0 Å². The largest absolute Gasteiger partial charge is 0.465 e. The number of para-hydroxylation sites is 1. The SMILES string of the molecule is COC(=O)c1cc(-c2ccncc2)nc2ccccc12. The molecule has 0 N–H and O–H groups in total. The number of pyridine rings is 2. The molecule has 0 radical (unpaired) electrons. The van der Waals surface area contributed by atoms with Crippen LogP contribution in [0.4, 0.5) is 0 Å². The van der Waals surface area contributed by atoms with Gasteiger partial charge in [-0.2, -0.15) is 0 Å². The number of aromatic nitrogens is 2. The Hall–Kier alpha value is -2.75. The molecular weight excluding hydrogens is 252 g/mol. The van der Waals surface area contributed by atoms with E-state index in [1.807, 2.05) is 36.4 Å². The first kappa shape index (κ1) is 12.3. The van der Waals surface area contributed by atoms with Gasteiger partial charge in [0.25, 0.3) is 0 Å². The van der Waals surface area contributed by atoms with Crippen LogP contribution < -0.4 is 0 Å². The Balaban J connectivity index is 2.28. The van der Waals surface area contributed by atoms with Gasteiger partial charge in [-0.25, -0.2) is 9.78 Å². The van der Waals surface area contributed by atoms with Crippen LogP contribution in [0, 0.1) is 0 Å². The highest BCUT2D eigenvalue weighted by Gasteiger charge is 2.13. The Labute approximate surface area is 116 Å². The van der Waals surface area contributed by atoms with Crippen molar-refractivity contribution >= 4 is 16.9 Å². The predicted molar refractivity (Wildman–Crippen MR) is 76.3 cm³/mol. The lowest BCUT2D eigenvalue weighted by Gasteiger charge is -2.08. The van der Waals surface area contributed by atoms with Crippen LogP contribution in [-0.4, -0.2) is 23.0 Å². The van der Waals surface area contributed by atoms with Gasteiger partial charge in [0, 0.05) is 23.3 Å². The summed E-state index contributed by atoms with van der Waals surface area (Å²) in [6, 6.07) is 13.0. The van der Waals surface area contributed by atoms with Crippen LogP contribution in [0.2, 0.25) is 0 Å². The van der Waals surface area contributed by atoms with Crippen LogP contribution in [0.5, 0.6) is 0 Å². The highest BCUT2D eigenvalue weighted by molar-refractivity contribution is 6.04. The molecule has 0 aliphatic rings. The van der Waals surface area contributed by atoms with Crippen molar-refractivity contribution in [1.82, 2.24) is 9.97 Å².